The fourth-order valence-corrected chi connectivity index (χ4v) is 8.54. The number of carbonyl (C=O) groups is 2. The van der Waals surface area contributed by atoms with Crippen molar-refractivity contribution in [1.82, 2.24) is 0 Å². The summed E-state index contributed by atoms with van der Waals surface area (Å²) in [4.78, 5) is 24.2. The number of aliphatic hydroxyl groups is 1. The third-order valence-electron chi connectivity index (χ3n) is 9.77. The van der Waals surface area contributed by atoms with Crippen molar-refractivity contribution in [2.75, 3.05) is 0 Å². The molecule has 5 rings (SSSR count). The van der Waals surface area contributed by atoms with Crippen molar-refractivity contribution in [3.8, 4) is 0 Å². The molecule has 144 valence electrons. The van der Waals surface area contributed by atoms with Gasteiger partial charge in [-0.15, -0.1) is 0 Å². The Kier molecular flexibility index (Phi) is 3.39. The van der Waals surface area contributed by atoms with Crippen LogP contribution < -0.4 is 0 Å². The van der Waals surface area contributed by atoms with Crippen molar-refractivity contribution in [3.05, 3.63) is 0 Å². The summed E-state index contributed by atoms with van der Waals surface area (Å²) >= 11 is 0. The zero-order valence-electron chi connectivity index (χ0n) is 16.3. The van der Waals surface area contributed by atoms with Crippen molar-refractivity contribution in [2.24, 2.45) is 40.4 Å². The predicted octanol–water partition coefficient (Wildman–Crippen LogP) is 3.50. The molecule has 5 fully saturated rings. The molecule has 4 heteroatoms. The minimum atomic E-state index is -1.33. The van der Waals surface area contributed by atoms with E-state index in [1.165, 1.54) is 19.3 Å². The van der Waals surface area contributed by atoms with E-state index in [0.29, 0.717) is 34.9 Å². The SMILES string of the molecule is C[C@]12CCC(=O)C[C@@H]1CC[C@@H]1[C@@H]2CC[C@@]2(C)[C@H]1C[C@@H]1OC(=O)[C@@](C)(O)[C@@H]12. The number of Topliss-reactive ketones (excluding diaryl/α,β-unsaturated/α-hetero) is 1. The van der Waals surface area contributed by atoms with E-state index in [1.54, 1.807) is 6.92 Å². The van der Waals surface area contributed by atoms with E-state index < -0.39 is 11.6 Å². The minimum Gasteiger partial charge on any atom is -0.460 e. The van der Waals surface area contributed by atoms with Crippen LogP contribution in [-0.2, 0) is 14.3 Å². The fourth-order valence-electron chi connectivity index (χ4n) is 8.54. The Hall–Kier alpha value is -0.900. The van der Waals surface area contributed by atoms with E-state index in [4.69, 9.17) is 4.74 Å². The van der Waals surface area contributed by atoms with Crippen LogP contribution in [0.4, 0.5) is 0 Å². The molecule has 0 spiro atoms. The van der Waals surface area contributed by atoms with Crippen LogP contribution in [0, 0.1) is 40.4 Å². The van der Waals surface area contributed by atoms with Gasteiger partial charge in [-0.25, -0.2) is 4.79 Å². The number of ketones is 1. The molecule has 0 unspecified atom stereocenters. The van der Waals surface area contributed by atoms with Crippen LogP contribution in [0.3, 0.4) is 0 Å². The number of hydrogen-bond donors (Lipinski definition) is 1. The average Bonchev–Trinajstić information content (AvgIpc) is 2.99. The van der Waals surface area contributed by atoms with Crippen LogP contribution >= 0.6 is 0 Å². The second-order valence-corrected chi connectivity index (χ2v) is 10.7. The van der Waals surface area contributed by atoms with Gasteiger partial charge in [-0.1, -0.05) is 13.8 Å². The number of fused-ring (bicyclic) bond motifs is 7. The van der Waals surface area contributed by atoms with Gasteiger partial charge in [0.05, 0.1) is 0 Å². The van der Waals surface area contributed by atoms with Gasteiger partial charge in [0.2, 0.25) is 0 Å². The number of esters is 1. The van der Waals surface area contributed by atoms with Gasteiger partial charge in [0.15, 0.2) is 5.60 Å². The van der Waals surface area contributed by atoms with Gasteiger partial charge in [-0.05, 0) is 80.0 Å². The van der Waals surface area contributed by atoms with Crippen molar-refractivity contribution in [1.29, 1.82) is 0 Å². The van der Waals surface area contributed by atoms with Gasteiger partial charge in [-0.3, -0.25) is 4.79 Å². The zero-order valence-corrected chi connectivity index (χ0v) is 16.3. The van der Waals surface area contributed by atoms with Crippen molar-refractivity contribution >= 4 is 11.8 Å². The molecule has 0 radical (unpaired) electrons. The quantitative estimate of drug-likeness (QED) is 0.672. The maximum absolute atomic E-state index is 12.2. The van der Waals surface area contributed by atoms with Crippen LogP contribution in [-0.4, -0.2) is 28.6 Å². The highest BCUT2D eigenvalue weighted by Crippen LogP contribution is 2.69. The highest BCUT2D eigenvalue weighted by atomic mass is 16.6. The first-order chi connectivity index (χ1) is 12.2. The Morgan fingerprint density at radius 1 is 1.00 bits per heavy atom. The van der Waals surface area contributed by atoms with E-state index in [9.17, 15) is 14.7 Å². The lowest BCUT2D eigenvalue weighted by atomic mass is 9.44. The standard InChI is InChI=1S/C22H32O4/c1-20-8-6-13(23)10-12(20)4-5-14-15(20)7-9-21(2)16(14)11-17-18(21)22(3,25)19(24)26-17/h12,14-18,25H,4-11H2,1-3H3/t12-,14+,15-,16-,17-,18-,20-,21-,22-/m0/s1. The third kappa shape index (κ3) is 1.95. The molecule has 26 heavy (non-hydrogen) atoms. The van der Waals surface area contributed by atoms with Crippen LogP contribution in [0.25, 0.3) is 0 Å². The minimum absolute atomic E-state index is 0.00479. The van der Waals surface area contributed by atoms with Gasteiger partial charge in [0.25, 0.3) is 0 Å². The monoisotopic (exact) mass is 360 g/mol. The van der Waals surface area contributed by atoms with E-state index in [2.05, 4.69) is 13.8 Å². The molecule has 9 atom stereocenters. The van der Waals surface area contributed by atoms with Crippen molar-refractivity contribution in [3.63, 3.8) is 0 Å². The van der Waals surface area contributed by atoms with Gasteiger partial charge < -0.3 is 9.84 Å². The molecule has 1 saturated heterocycles. The molecular formula is C22H32O4. The second kappa shape index (κ2) is 5.12. The van der Waals surface area contributed by atoms with E-state index >= 15 is 0 Å². The molecule has 1 aliphatic heterocycles. The van der Waals surface area contributed by atoms with Crippen molar-refractivity contribution in [2.45, 2.75) is 83.8 Å². The molecule has 0 aromatic rings. The zero-order chi connectivity index (χ0) is 18.5. The summed E-state index contributed by atoms with van der Waals surface area (Å²) in [5.41, 5.74) is -1.04. The Balaban J connectivity index is 1.47. The lowest BCUT2D eigenvalue weighted by Gasteiger charge is -2.60. The van der Waals surface area contributed by atoms with E-state index in [1.807, 2.05) is 0 Å². The van der Waals surface area contributed by atoms with E-state index in [0.717, 1.165) is 32.1 Å². The Labute approximate surface area is 156 Å². The molecule has 4 aliphatic carbocycles. The number of rotatable bonds is 0. The first-order valence-electron chi connectivity index (χ1n) is 10.6. The molecule has 0 bridgehead atoms. The molecule has 0 amide bonds. The first-order valence-corrected chi connectivity index (χ1v) is 10.6. The summed E-state index contributed by atoms with van der Waals surface area (Å²) in [6, 6.07) is 0. The van der Waals surface area contributed by atoms with Gasteiger partial charge in [0.1, 0.15) is 11.9 Å². The molecule has 5 aliphatic rings. The average molecular weight is 360 g/mol. The Bertz CT molecular complexity index is 669. The Morgan fingerprint density at radius 2 is 1.77 bits per heavy atom. The van der Waals surface area contributed by atoms with Crippen LogP contribution in [0.1, 0.15) is 72.1 Å². The normalized spacial score (nSPS) is 58.5. The fraction of sp³-hybridized carbons (Fsp3) is 0.909. The Morgan fingerprint density at radius 3 is 2.54 bits per heavy atom. The molecular weight excluding hydrogens is 328 g/mol. The predicted molar refractivity (Wildman–Crippen MR) is 96.1 cm³/mol. The second-order valence-electron chi connectivity index (χ2n) is 10.7. The summed E-state index contributed by atoms with van der Waals surface area (Å²) in [6.45, 7) is 6.44. The lowest BCUT2D eigenvalue weighted by Crippen LogP contribution is -2.55. The molecule has 0 aromatic carbocycles. The smallest absolute Gasteiger partial charge is 0.338 e. The maximum atomic E-state index is 12.2. The molecule has 1 N–H and O–H groups in total. The number of ether oxygens (including phenoxy) is 1. The maximum Gasteiger partial charge on any atom is 0.338 e. The molecule has 4 saturated carbocycles. The first kappa shape index (κ1) is 17.2. The lowest BCUT2D eigenvalue weighted by molar-refractivity contribution is -0.163. The largest absolute Gasteiger partial charge is 0.460 e. The highest BCUT2D eigenvalue weighted by Gasteiger charge is 2.70. The topological polar surface area (TPSA) is 63.6 Å². The van der Waals surface area contributed by atoms with Gasteiger partial charge >= 0.3 is 5.97 Å². The molecule has 0 aromatic heterocycles. The summed E-state index contributed by atoms with van der Waals surface area (Å²) in [7, 11) is 0. The molecule has 4 nitrogen and oxygen atoms in total. The highest BCUT2D eigenvalue weighted by molar-refractivity contribution is 5.82. The van der Waals surface area contributed by atoms with E-state index in [-0.39, 0.29) is 17.4 Å². The van der Waals surface area contributed by atoms with Gasteiger partial charge in [0, 0.05) is 18.8 Å². The summed E-state index contributed by atoms with van der Waals surface area (Å²) in [5.74, 6) is 2.42. The number of hydrogen-bond acceptors (Lipinski definition) is 4. The summed E-state index contributed by atoms with van der Waals surface area (Å²) in [5, 5.41) is 10.9. The van der Waals surface area contributed by atoms with Crippen LogP contribution in [0.15, 0.2) is 0 Å². The van der Waals surface area contributed by atoms with Gasteiger partial charge in [-0.2, -0.15) is 0 Å². The summed E-state index contributed by atoms with van der Waals surface area (Å²) < 4.78 is 5.65. The molecule has 1 heterocycles. The summed E-state index contributed by atoms with van der Waals surface area (Å²) in [6.07, 6.45) is 8.04. The third-order valence-corrected chi connectivity index (χ3v) is 9.77. The van der Waals surface area contributed by atoms with Crippen LogP contribution in [0.2, 0.25) is 0 Å². The number of carbonyl (C=O) groups excluding carboxylic acids is 2. The van der Waals surface area contributed by atoms with Crippen molar-refractivity contribution < 1.29 is 19.4 Å². The van der Waals surface area contributed by atoms with Crippen LogP contribution in [0.5, 0.6) is 0 Å².